The first-order chi connectivity index (χ1) is 17.3. The van der Waals surface area contributed by atoms with Gasteiger partial charge in [0.05, 0.1) is 0 Å². The molecule has 35 heavy (non-hydrogen) atoms. The summed E-state index contributed by atoms with van der Waals surface area (Å²) in [5, 5.41) is 3.65. The van der Waals surface area contributed by atoms with E-state index in [0.717, 1.165) is 5.92 Å². The van der Waals surface area contributed by atoms with E-state index < -0.39 is 0 Å². The highest BCUT2D eigenvalue weighted by atomic mass is 14.8. The number of hydrogen-bond acceptors (Lipinski definition) is 1. The summed E-state index contributed by atoms with van der Waals surface area (Å²) in [6.07, 6.45) is 40.7. The van der Waals surface area contributed by atoms with Crippen molar-refractivity contribution in [3.63, 3.8) is 0 Å². The largest absolute Gasteiger partial charge is 0.317 e. The molecule has 0 bridgehead atoms. The second-order valence-corrected chi connectivity index (χ2v) is 11.8. The van der Waals surface area contributed by atoms with E-state index in [1.807, 2.05) is 0 Å². The third-order valence-electron chi connectivity index (χ3n) is 8.10. The fraction of sp³-hybridized carbons (Fsp3) is 1.00. The van der Waals surface area contributed by atoms with Crippen LogP contribution in [0.1, 0.15) is 201 Å². The van der Waals surface area contributed by atoms with E-state index in [-0.39, 0.29) is 0 Å². The quantitative estimate of drug-likeness (QED) is 0.0946. The Morgan fingerprint density at radius 2 is 0.571 bits per heavy atom. The van der Waals surface area contributed by atoms with Crippen LogP contribution in [0.4, 0.5) is 0 Å². The molecular weight excluding hydrogens is 422 g/mol. The molecular formula is C34H71N. The molecule has 0 fully saturated rings. The van der Waals surface area contributed by atoms with Gasteiger partial charge in [0.15, 0.2) is 0 Å². The Hall–Kier alpha value is -0.0400. The predicted molar refractivity (Wildman–Crippen MR) is 163 cm³/mol. The van der Waals surface area contributed by atoms with Crippen LogP contribution in [0.25, 0.3) is 0 Å². The van der Waals surface area contributed by atoms with Crippen LogP contribution in [-0.4, -0.2) is 13.1 Å². The van der Waals surface area contributed by atoms with E-state index in [9.17, 15) is 0 Å². The summed E-state index contributed by atoms with van der Waals surface area (Å²) in [5.41, 5.74) is 0. The molecule has 0 aromatic carbocycles. The molecule has 0 heterocycles. The molecule has 0 unspecified atom stereocenters. The molecule has 0 radical (unpaired) electrons. The highest BCUT2D eigenvalue weighted by molar-refractivity contribution is 4.62. The van der Waals surface area contributed by atoms with Crippen LogP contribution >= 0.6 is 0 Å². The van der Waals surface area contributed by atoms with Gasteiger partial charge in [-0.05, 0) is 31.8 Å². The minimum atomic E-state index is 1.03. The molecule has 212 valence electrons. The van der Waals surface area contributed by atoms with Crippen molar-refractivity contribution in [1.29, 1.82) is 0 Å². The average molecular weight is 494 g/mol. The zero-order valence-corrected chi connectivity index (χ0v) is 25.3. The van der Waals surface area contributed by atoms with E-state index in [0.29, 0.717) is 0 Å². The lowest BCUT2D eigenvalue weighted by Crippen LogP contribution is -2.16. The number of rotatable bonds is 31. The van der Waals surface area contributed by atoms with Gasteiger partial charge >= 0.3 is 0 Å². The molecule has 0 aliphatic heterocycles. The van der Waals surface area contributed by atoms with Crippen LogP contribution < -0.4 is 5.32 Å². The van der Waals surface area contributed by atoms with Crippen LogP contribution in [0.5, 0.6) is 0 Å². The Balaban J connectivity index is 3.62. The molecule has 0 aliphatic carbocycles. The van der Waals surface area contributed by atoms with Gasteiger partial charge in [-0.1, -0.05) is 188 Å². The highest BCUT2D eigenvalue weighted by Gasteiger charge is 2.08. The van der Waals surface area contributed by atoms with Gasteiger partial charge in [-0.2, -0.15) is 0 Å². The Bertz CT molecular complexity index is 336. The number of hydrogen-bond donors (Lipinski definition) is 1. The van der Waals surface area contributed by atoms with E-state index >= 15 is 0 Å². The van der Waals surface area contributed by atoms with Crippen LogP contribution in [0.15, 0.2) is 0 Å². The zero-order valence-electron chi connectivity index (χ0n) is 25.3. The van der Waals surface area contributed by atoms with E-state index in [2.05, 4.69) is 26.1 Å². The van der Waals surface area contributed by atoms with Crippen molar-refractivity contribution in [1.82, 2.24) is 5.32 Å². The molecule has 0 spiro atoms. The molecule has 0 rings (SSSR count). The number of nitrogens with one attached hydrogen (secondary N) is 1. The molecule has 1 nitrogen and oxygen atoms in total. The molecule has 0 aromatic heterocycles. The Kier molecular flexibility index (Phi) is 32.0. The second-order valence-electron chi connectivity index (χ2n) is 11.8. The van der Waals surface area contributed by atoms with E-state index in [4.69, 9.17) is 0 Å². The van der Waals surface area contributed by atoms with Crippen molar-refractivity contribution in [2.24, 2.45) is 5.92 Å². The summed E-state index contributed by atoms with van der Waals surface area (Å²) in [6, 6.07) is 0. The molecule has 0 saturated heterocycles. The summed E-state index contributed by atoms with van der Waals surface area (Å²) in [5.74, 6) is 1.03. The third kappa shape index (κ3) is 30.1. The van der Waals surface area contributed by atoms with E-state index in [1.165, 1.54) is 193 Å². The number of unbranched alkanes of at least 4 members (excludes halogenated alkanes) is 21. The van der Waals surface area contributed by atoms with Crippen LogP contribution in [0.2, 0.25) is 0 Å². The highest BCUT2D eigenvalue weighted by Crippen LogP contribution is 2.25. The van der Waals surface area contributed by atoms with E-state index in [1.54, 1.807) is 0 Å². The van der Waals surface area contributed by atoms with Crippen molar-refractivity contribution >= 4 is 0 Å². The fourth-order valence-electron chi connectivity index (χ4n) is 5.58. The molecule has 0 aliphatic rings. The SMILES string of the molecule is CCCCCCCCC(CCCCCCCC)CCCCCCCCCCNCCCCCCC. The lowest BCUT2D eigenvalue weighted by molar-refractivity contribution is 0.365. The van der Waals surface area contributed by atoms with Crippen LogP contribution in [0, 0.1) is 5.92 Å². The molecule has 1 heteroatoms. The molecule has 0 aromatic rings. The van der Waals surface area contributed by atoms with Gasteiger partial charge in [0, 0.05) is 0 Å². The normalized spacial score (nSPS) is 11.7. The zero-order chi connectivity index (χ0) is 25.5. The minimum absolute atomic E-state index is 1.03. The maximum absolute atomic E-state index is 3.65. The maximum atomic E-state index is 3.65. The predicted octanol–water partition coefficient (Wildman–Crippen LogP) is 12.2. The van der Waals surface area contributed by atoms with Gasteiger partial charge < -0.3 is 5.32 Å². The summed E-state index contributed by atoms with van der Waals surface area (Å²) >= 11 is 0. The van der Waals surface area contributed by atoms with Gasteiger partial charge in [-0.25, -0.2) is 0 Å². The third-order valence-corrected chi connectivity index (χ3v) is 8.10. The van der Waals surface area contributed by atoms with Gasteiger partial charge in [0.25, 0.3) is 0 Å². The van der Waals surface area contributed by atoms with Crippen molar-refractivity contribution in [3.8, 4) is 0 Å². The summed E-state index contributed by atoms with van der Waals surface area (Å²) < 4.78 is 0. The standard InChI is InChI=1S/C34H71N/c1-4-7-10-13-19-24-29-34(30-25-20-14-11-8-5-2)31-26-21-17-15-16-18-23-28-33-35-32-27-22-12-9-6-3/h34-35H,4-33H2,1-3H3. The van der Waals surface area contributed by atoms with Gasteiger partial charge in [-0.3, -0.25) is 0 Å². The average Bonchev–Trinajstić information content (AvgIpc) is 2.87. The van der Waals surface area contributed by atoms with Crippen molar-refractivity contribution in [2.75, 3.05) is 13.1 Å². The Morgan fingerprint density at radius 3 is 0.886 bits per heavy atom. The van der Waals surface area contributed by atoms with Crippen molar-refractivity contribution < 1.29 is 0 Å². The summed E-state index contributed by atoms with van der Waals surface area (Å²) in [4.78, 5) is 0. The topological polar surface area (TPSA) is 12.0 Å². The minimum Gasteiger partial charge on any atom is -0.317 e. The van der Waals surface area contributed by atoms with Crippen LogP contribution in [0.3, 0.4) is 0 Å². The van der Waals surface area contributed by atoms with Crippen molar-refractivity contribution in [2.45, 2.75) is 201 Å². The molecule has 0 amide bonds. The fourth-order valence-corrected chi connectivity index (χ4v) is 5.58. The smallest absolute Gasteiger partial charge is 0.00489 e. The van der Waals surface area contributed by atoms with Crippen molar-refractivity contribution in [3.05, 3.63) is 0 Å². The maximum Gasteiger partial charge on any atom is -0.00489 e. The first-order valence-corrected chi connectivity index (χ1v) is 17.1. The lowest BCUT2D eigenvalue weighted by Gasteiger charge is -2.17. The first kappa shape index (κ1) is 35.0. The van der Waals surface area contributed by atoms with Gasteiger partial charge in [-0.15, -0.1) is 0 Å². The Labute approximate surface area is 224 Å². The monoisotopic (exact) mass is 494 g/mol. The first-order valence-electron chi connectivity index (χ1n) is 17.1. The second kappa shape index (κ2) is 32.0. The molecule has 1 N–H and O–H groups in total. The lowest BCUT2D eigenvalue weighted by atomic mass is 9.89. The Morgan fingerprint density at radius 1 is 0.314 bits per heavy atom. The van der Waals surface area contributed by atoms with Gasteiger partial charge in [0.1, 0.15) is 0 Å². The summed E-state index contributed by atoms with van der Waals surface area (Å²) in [7, 11) is 0. The summed E-state index contributed by atoms with van der Waals surface area (Å²) in [6.45, 7) is 9.43. The van der Waals surface area contributed by atoms with Crippen LogP contribution in [-0.2, 0) is 0 Å². The van der Waals surface area contributed by atoms with Gasteiger partial charge in [0.2, 0.25) is 0 Å². The molecule has 0 atom stereocenters. The molecule has 0 saturated carbocycles.